The van der Waals surface area contributed by atoms with Gasteiger partial charge in [-0.3, -0.25) is 14.9 Å². The number of piperidine rings is 1. The number of benzene rings is 1. The van der Waals surface area contributed by atoms with E-state index in [1.165, 1.54) is 4.90 Å². The minimum Gasteiger partial charge on any atom is -0.480 e. The fourth-order valence-electron chi connectivity index (χ4n) is 4.01. The quantitative estimate of drug-likeness (QED) is 0.550. The monoisotopic (exact) mass is 452 g/mol. The Morgan fingerprint density at radius 3 is 2.43 bits per heavy atom. The predicted molar refractivity (Wildman–Crippen MR) is 119 cm³/mol. The lowest BCUT2D eigenvalue weighted by Crippen LogP contribution is -2.60. The number of rotatable bonds is 8. The molecule has 3 rings (SSSR count). The van der Waals surface area contributed by atoms with Crippen molar-refractivity contribution in [3.8, 4) is 0 Å². The van der Waals surface area contributed by atoms with E-state index < -0.39 is 30.1 Å². The van der Waals surface area contributed by atoms with E-state index in [1.807, 2.05) is 30.3 Å². The average molecular weight is 453 g/mol. The van der Waals surface area contributed by atoms with Gasteiger partial charge in [0.2, 0.25) is 5.91 Å². The first-order valence-electron chi connectivity index (χ1n) is 10.2. The molecule has 0 bridgehead atoms. The Kier molecular flexibility index (Phi) is 8.07. The highest BCUT2D eigenvalue weighted by atomic mass is 32.2. The first kappa shape index (κ1) is 23.0. The van der Waals surface area contributed by atoms with E-state index >= 15 is 0 Å². The summed E-state index contributed by atoms with van der Waals surface area (Å²) in [5.41, 5.74) is 1.03. The number of carbonyl (C=O) groups is 3. The molecule has 30 heavy (non-hydrogen) atoms. The summed E-state index contributed by atoms with van der Waals surface area (Å²) in [6, 6.07) is 7.07. The second-order valence-corrected chi connectivity index (χ2v) is 10.4. The van der Waals surface area contributed by atoms with E-state index in [9.17, 15) is 24.6 Å². The molecular formula is C21H28N2O5S2. The van der Waals surface area contributed by atoms with Gasteiger partial charge in [-0.1, -0.05) is 30.3 Å². The van der Waals surface area contributed by atoms with Gasteiger partial charge in [0.1, 0.15) is 12.1 Å². The van der Waals surface area contributed by atoms with E-state index in [4.69, 9.17) is 0 Å². The normalized spacial score (nSPS) is 25.8. The van der Waals surface area contributed by atoms with E-state index in [0.717, 1.165) is 17.1 Å². The van der Waals surface area contributed by atoms with Crippen molar-refractivity contribution in [3.05, 3.63) is 35.9 Å². The molecule has 9 heteroatoms. The van der Waals surface area contributed by atoms with Crippen LogP contribution < -0.4 is 5.32 Å². The number of nitrogens with one attached hydrogen (secondary N) is 1. The summed E-state index contributed by atoms with van der Waals surface area (Å²) in [4.78, 5) is 38.1. The molecule has 7 nitrogen and oxygen atoms in total. The number of hydrogen-bond donors (Lipinski definition) is 3. The molecule has 5 atom stereocenters. The zero-order valence-electron chi connectivity index (χ0n) is 16.9. The van der Waals surface area contributed by atoms with Crippen molar-refractivity contribution in [2.24, 2.45) is 0 Å². The topological polar surface area (TPSA) is 107 Å². The number of carbonyl (C=O) groups excluding carboxylic acids is 1. The second kappa shape index (κ2) is 10.5. The maximum Gasteiger partial charge on any atom is 0.326 e. The first-order valence-corrected chi connectivity index (χ1v) is 12.3. The molecule has 0 saturated carbocycles. The van der Waals surface area contributed by atoms with Crippen molar-refractivity contribution >= 4 is 41.4 Å². The smallest absolute Gasteiger partial charge is 0.326 e. The molecule has 2 aliphatic heterocycles. The van der Waals surface area contributed by atoms with Gasteiger partial charge in [-0.2, -0.15) is 23.5 Å². The van der Waals surface area contributed by atoms with E-state index in [-0.39, 0.29) is 16.4 Å². The third kappa shape index (κ3) is 5.70. The van der Waals surface area contributed by atoms with Crippen LogP contribution in [-0.2, 0) is 20.8 Å². The molecule has 1 aromatic carbocycles. The van der Waals surface area contributed by atoms with Crippen LogP contribution in [0.4, 0.5) is 0 Å². The van der Waals surface area contributed by atoms with Crippen LogP contribution in [-0.4, -0.2) is 79.6 Å². The summed E-state index contributed by atoms with van der Waals surface area (Å²) in [7, 11) is 0. The highest BCUT2D eigenvalue weighted by molar-refractivity contribution is 8.07. The van der Waals surface area contributed by atoms with Crippen molar-refractivity contribution in [1.82, 2.24) is 10.2 Å². The van der Waals surface area contributed by atoms with Crippen LogP contribution in [0.1, 0.15) is 25.3 Å². The van der Waals surface area contributed by atoms with Crippen molar-refractivity contribution in [1.29, 1.82) is 0 Å². The zero-order valence-corrected chi connectivity index (χ0v) is 18.5. The Hall–Kier alpha value is -1.71. The van der Waals surface area contributed by atoms with Crippen LogP contribution in [0.15, 0.2) is 30.3 Å². The molecule has 0 spiro atoms. The van der Waals surface area contributed by atoms with Crippen LogP contribution in [0.3, 0.4) is 0 Å². The standard InChI is InChI=1S/C21H28N2O5S2/c1-13(22-15(20(25)26)8-7-14-5-3-2-4-6-14)19(24)23-12-18-17(29-9-10-30-18)11-16(23)21(27)28/h2-6,13,15-18,22H,7-12H2,1H3,(H,25,26)(H,27,28)/t13?,15-,16-,17?,18?/m0/s1. The molecule has 2 heterocycles. The number of hydrogen-bond acceptors (Lipinski definition) is 6. The van der Waals surface area contributed by atoms with Crippen molar-refractivity contribution in [2.75, 3.05) is 18.1 Å². The molecule has 0 aliphatic carbocycles. The Morgan fingerprint density at radius 1 is 1.13 bits per heavy atom. The molecule has 0 radical (unpaired) electrons. The number of aryl methyl sites for hydroxylation is 1. The third-order valence-corrected chi connectivity index (χ3v) is 8.79. The highest BCUT2D eigenvalue weighted by Crippen LogP contribution is 2.39. The summed E-state index contributed by atoms with van der Waals surface area (Å²) >= 11 is 3.59. The van der Waals surface area contributed by atoms with E-state index in [1.54, 1.807) is 30.4 Å². The number of carboxylic acids is 2. The number of thioether (sulfide) groups is 2. The van der Waals surface area contributed by atoms with Gasteiger partial charge in [-0.15, -0.1) is 0 Å². The molecule has 1 aromatic rings. The third-order valence-electron chi connectivity index (χ3n) is 5.62. The maximum atomic E-state index is 13.1. The average Bonchev–Trinajstić information content (AvgIpc) is 2.75. The van der Waals surface area contributed by atoms with Crippen LogP contribution in [0, 0.1) is 0 Å². The van der Waals surface area contributed by atoms with Crippen LogP contribution in [0.2, 0.25) is 0 Å². The molecule has 1 amide bonds. The molecule has 2 fully saturated rings. The Morgan fingerprint density at radius 2 is 1.80 bits per heavy atom. The van der Waals surface area contributed by atoms with Crippen LogP contribution >= 0.6 is 23.5 Å². The van der Waals surface area contributed by atoms with Crippen LogP contribution in [0.5, 0.6) is 0 Å². The van der Waals surface area contributed by atoms with E-state index in [2.05, 4.69) is 5.32 Å². The molecule has 0 aromatic heterocycles. The molecule has 3 unspecified atom stereocenters. The molecule has 2 saturated heterocycles. The van der Waals surface area contributed by atoms with Crippen molar-refractivity contribution < 1.29 is 24.6 Å². The molecule has 164 valence electrons. The number of nitrogens with zero attached hydrogens (tertiary/aromatic N) is 1. The number of likely N-dealkylation sites (tertiary alicyclic amines) is 1. The summed E-state index contributed by atoms with van der Waals surface area (Å²) < 4.78 is 0. The summed E-state index contributed by atoms with van der Waals surface area (Å²) in [6.45, 7) is 2.01. The summed E-state index contributed by atoms with van der Waals surface area (Å²) in [5, 5.41) is 22.7. The van der Waals surface area contributed by atoms with E-state index in [0.29, 0.717) is 25.8 Å². The van der Waals surface area contributed by atoms with Gasteiger partial charge < -0.3 is 15.1 Å². The second-order valence-electron chi connectivity index (χ2n) is 7.70. The van der Waals surface area contributed by atoms with Gasteiger partial charge in [-0.05, 0) is 31.7 Å². The van der Waals surface area contributed by atoms with Gasteiger partial charge >= 0.3 is 11.9 Å². The number of fused-ring (bicyclic) bond motifs is 1. The zero-order chi connectivity index (χ0) is 21.7. The van der Waals surface area contributed by atoms with Crippen molar-refractivity contribution in [2.45, 2.75) is 54.8 Å². The number of carboxylic acid groups (broad SMARTS) is 2. The largest absolute Gasteiger partial charge is 0.480 e. The fourth-order valence-corrected chi connectivity index (χ4v) is 7.06. The lowest BCUT2D eigenvalue weighted by atomic mass is 9.99. The number of amides is 1. The maximum absolute atomic E-state index is 13.1. The van der Waals surface area contributed by atoms with Gasteiger partial charge in [0.15, 0.2) is 0 Å². The summed E-state index contributed by atoms with van der Waals surface area (Å²) in [5.74, 6) is -0.350. The van der Waals surface area contributed by atoms with Gasteiger partial charge in [0, 0.05) is 28.6 Å². The van der Waals surface area contributed by atoms with Crippen molar-refractivity contribution in [3.63, 3.8) is 0 Å². The molecule has 3 N–H and O–H groups in total. The molecule has 2 aliphatic rings. The minimum absolute atomic E-state index is 0.226. The SMILES string of the molecule is CC(N[C@@H](CCc1ccccc1)C(=O)O)C(=O)N1CC2SCCSC2C[C@H]1C(=O)O. The first-order chi connectivity index (χ1) is 14.4. The summed E-state index contributed by atoms with van der Waals surface area (Å²) in [6.07, 6.45) is 1.35. The molecular weight excluding hydrogens is 424 g/mol. The fraction of sp³-hybridized carbons (Fsp3) is 0.571. The minimum atomic E-state index is -1.02. The van der Waals surface area contributed by atoms with Gasteiger partial charge in [0.05, 0.1) is 6.04 Å². The lowest BCUT2D eigenvalue weighted by molar-refractivity contribution is -0.153. The lowest BCUT2D eigenvalue weighted by Gasteiger charge is -2.44. The highest BCUT2D eigenvalue weighted by Gasteiger charge is 2.44. The Labute approximate surface area is 185 Å². The Balaban J connectivity index is 1.64. The van der Waals surface area contributed by atoms with Gasteiger partial charge in [-0.25, -0.2) is 4.79 Å². The van der Waals surface area contributed by atoms with Crippen LogP contribution in [0.25, 0.3) is 0 Å². The van der Waals surface area contributed by atoms with Gasteiger partial charge in [0.25, 0.3) is 0 Å². The number of aliphatic carboxylic acids is 2. The predicted octanol–water partition coefficient (Wildman–Crippen LogP) is 1.95. The Bertz CT molecular complexity index is 763.